The Kier molecular flexibility index (Phi) is 4.94. The highest BCUT2D eigenvalue weighted by atomic mass is 19.4. The summed E-state index contributed by atoms with van der Waals surface area (Å²) in [4.78, 5) is 12.7. The van der Waals surface area contributed by atoms with Crippen LogP contribution in [0, 0.1) is 0 Å². The van der Waals surface area contributed by atoms with Crippen LogP contribution in [0.4, 0.5) is 18.9 Å². The van der Waals surface area contributed by atoms with Crippen LogP contribution in [0.2, 0.25) is 0 Å². The van der Waals surface area contributed by atoms with Crippen molar-refractivity contribution in [1.29, 1.82) is 0 Å². The second-order valence-corrected chi connectivity index (χ2v) is 6.60. The molecule has 0 saturated carbocycles. The van der Waals surface area contributed by atoms with Crippen LogP contribution in [-0.2, 0) is 6.18 Å². The summed E-state index contributed by atoms with van der Waals surface area (Å²) in [6.07, 6.45) is -4.71. The number of benzene rings is 3. The Bertz CT molecular complexity index is 1270. The molecule has 0 aliphatic carbocycles. The van der Waals surface area contributed by atoms with Gasteiger partial charge in [0.2, 0.25) is 11.8 Å². The monoisotopic (exact) mass is 425 g/mol. The molecular formula is C22H14F3N3O3. The molecule has 1 heterocycles. The molecular weight excluding hydrogens is 411 g/mol. The minimum Gasteiger partial charge on any atom is -0.494 e. The number of rotatable bonds is 3. The van der Waals surface area contributed by atoms with Gasteiger partial charge in [0.1, 0.15) is 0 Å². The molecule has 0 unspecified atom stereocenters. The normalized spacial score (nSPS) is 12.0. The minimum absolute atomic E-state index is 0.170. The fraction of sp³-hybridized carbons (Fsp3) is 0.0455. The molecule has 4 aromatic rings. The van der Waals surface area contributed by atoms with E-state index in [1.807, 2.05) is 0 Å². The summed E-state index contributed by atoms with van der Waals surface area (Å²) in [6, 6.07) is 16.9. The lowest BCUT2D eigenvalue weighted by Crippen LogP contribution is -2.10. The van der Waals surface area contributed by atoms with E-state index in [-0.39, 0.29) is 16.5 Å². The molecule has 0 radical (unpaired) electrons. The molecule has 0 aliphatic heterocycles. The van der Waals surface area contributed by atoms with Gasteiger partial charge in [-0.2, -0.15) is 13.2 Å². The summed E-state index contributed by atoms with van der Waals surface area (Å²) >= 11 is 0. The van der Waals surface area contributed by atoms with E-state index in [0.717, 1.165) is 16.7 Å². The quantitative estimate of drug-likeness (QED) is 0.396. The maximum atomic E-state index is 13.3. The van der Waals surface area contributed by atoms with E-state index in [4.69, 9.17) is 0 Å². The number of nitrogens with zero attached hydrogens (tertiary/aromatic N) is 3. The molecule has 156 valence electrons. The summed E-state index contributed by atoms with van der Waals surface area (Å²) < 4.78 is 40.7. The fourth-order valence-electron chi connectivity index (χ4n) is 3.17. The summed E-state index contributed by atoms with van der Waals surface area (Å²) in [5, 5.41) is 29.0. The lowest BCUT2D eigenvalue weighted by Gasteiger charge is -2.14. The highest BCUT2D eigenvalue weighted by Gasteiger charge is 2.33. The molecule has 3 aromatic carbocycles. The van der Waals surface area contributed by atoms with Crippen molar-refractivity contribution in [2.45, 2.75) is 6.18 Å². The Hall–Kier alpha value is -4.14. The molecule has 6 nitrogen and oxygen atoms in total. The van der Waals surface area contributed by atoms with Gasteiger partial charge in [0.15, 0.2) is 0 Å². The molecule has 31 heavy (non-hydrogen) atoms. The van der Waals surface area contributed by atoms with Gasteiger partial charge >= 0.3 is 6.18 Å². The van der Waals surface area contributed by atoms with Crippen molar-refractivity contribution in [2.24, 2.45) is 10.2 Å². The molecule has 4 rings (SSSR count). The van der Waals surface area contributed by atoms with E-state index in [2.05, 4.69) is 10.2 Å². The molecule has 0 saturated heterocycles. The van der Waals surface area contributed by atoms with Crippen LogP contribution in [0.25, 0.3) is 16.5 Å². The van der Waals surface area contributed by atoms with Crippen molar-refractivity contribution in [1.82, 2.24) is 4.57 Å². The zero-order valence-electron chi connectivity index (χ0n) is 15.7. The molecule has 2 N–H and O–H groups in total. The number of hydrogen-bond donors (Lipinski definition) is 2. The maximum absolute atomic E-state index is 13.3. The Labute approximate surface area is 173 Å². The highest BCUT2D eigenvalue weighted by Crippen LogP contribution is 2.40. The average Bonchev–Trinajstić information content (AvgIpc) is 3.02. The van der Waals surface area contributed by atoms with Gasteiger partial charge in [0.05, 0.1) is 22.5 Å². The number of carbonyl (C=O) groups is 1. The standard InChI is InChI=1S/C22H14F3N3O3/c23-22(24,25)13-10-11-18(28-20(30)15-8-4-5-9-16(15)21(28)31)17(12-13)19(29)27-26-14-6-2-1-3-7-14/h1-12,30-31H. The van der Waals surface area contributed by atoms with Crippen molar-refractivity contribution in [3.05, 3.63) is 83.9 Å². The van der Waals surface area contributed by atoms with Crippen molar-refractivity contribution >= 4 is 22.4 Å². The molecule has 9 heteroatoms. The summed E-state index contributed by atoms with van der Waals surface area (Å²) in [7, 11) is 0. The van der Waals surface area contributed by atoms with Gasteiger partial charge in [-0.05, 0) is 42.5 Å². The number of azo groups is 1. The smallest absolute Gasteiger partial charge is 0.416 e. The number of hydrogen-bond acceptors (Lipinski definition) is 4. The SMILES string of the molecule is O=C(N=Nc1ccccc1)c1cc(C(F)(F)F)ccc1-n1c(O)c2ccccc2c1O. The van der Waals surface area contributed by atoms with Gasteiger partial charge in [-0.15, -0.1) is 10.2 Å². The molecule has 1 amide bonds. The summed E-state index contributed by atoms with van der Waals surface area (Å²) in [5.41, 5.74) is -1.40. The van der Waals surface area contributed by atoms with Crippen molar-refractivity contribution in [2.75, 3.05) is 0 Å². The van der Waals surface area contributed by atoms with Gasteiger partial charge in [0, 0.05) is 10.8 Å². The van der Waals surface area contributed by atoms with Crippen LogP contribution >= 0.6 is 0 Å². The first-order chi connectivity index (χ1) is 14.8. The summed E-state index contributed by atoms with van der Waals surface area (Å²) in [6.45, 7) is 0. The maximum Gasteiger partial charge on any atom is 0.416 e. The Morgan fingerprint density at radius 1 is 0.839 bits per heavy atom. The Balaban J connectivity index is 1.90. The van der Waals surface area contributed by atoms with E-state index >= 15 is 0 Å². The van der Waals surface area contributed by atoms with E-state index in [9.17, 15) is 28.2 Å². The Morgan fingerprint density at radius 2 is 1.42 bits per heavy atom. The summed E-state index contributed by atoms with van der Waals surface area (Å²) in [5.74, 6) is -1.93. The lowest BCUT2D eigenvalue weighted by molar-refractivity contribution is -0.137. The second-order valence-electron chi connectivity index (χ2n) is 6.60. The van der Waals surface area contributed by atoms with E-state index < -0.39 is 35.0 Å². The Morgan fingerprint density at radius 3 is 2.00 bits per heavy atom. The number of amides is 1. The second kappa shape index (κ2) is 7.60. The first-order valence-electron chi connectivity index (χ1n) is 9.01. The predicted molar refractivity (Wildman–Crippen MR) is 107 cm³/mol. The number of alkyl halides is 3. The molecule has 0 atom stereocenters. The molecule has 0 fully saturated rings. The molecule has 1 aromatic heterocycles. The van der Waals surface area contributed by atoms with Gasteiger partial charge in [-0.25, -0.2) is 4.57 Å². The van der Waals surface area contributed by atoms with Crippen LogP contribution in [0.15, 0.2) is 83.0 Å². The van der Waals surface area contributed by atoms with Crippen molar-refractivity contribution in [3.8, 4) is 17.4 Å². The number of aromatic nitrogens is 1. The number of carbonyl (C=O) groups excluding carboxylic acids is 1. The first kappa shape index (κ1) is 20.1. The third-order valence-electron chi connectivity index (χ3n) is 4.64. The van der Waals surface area contributed by atoms with Crippen LogP contribution < -0.4 is 0 Å². The molecule has 0 spiro atoms. The third kappa shape index (κ3) is 3.73. The van der Waals surface area contributed by atoms with E-state index in [1.165, 1.54) is 12.1 Å². The zero-order valence-corrected chi connectivity index (χ0v) is 15.7. The first-order valence-corrected chi connectivity index (χ1v) is 9.01. The van der Waals surface area contributed by atoms with Crippen LogP contribution in [0.3, 0.4) is 0 Å². The third-order valence-corrected chi connectivity index (χ3v) is 4.64. The van der Waals surface area contributed by atoms with Gasteiger partial charge in [-0.1, -0.05) is 30.3 Å². The largest absolute Gasteiger partial charge is 0.494 e. The van der Waals surface area contributed by atoms with Gasteiger partial charge < -0.3 is 10.2 Å². The number of fused-ring (bicyclic) bond motifs is 1. The van der Waals surface area contributed by atoms with Gasteiger partial charge in [0.25, 0.3) is 5.91 Å². The highest BCUT2D eigenvalue weighted by molar-refractivity contribution is 6.00. The average molecular weight is 425 g/mol. The van der Waals surface area contributed by atoms with E-state index in [0.29, 0.717) is 11.8 Å². The fourth-order valence-corrected chi connectivity index (χ4v) is 3.17. The van der Waals surface area contributed by atoms with Crippen molar-refractivity contribution in [3.63, 3.8) is 0 Å². The van der Waals surface area contributed by atoms with Crippen molar-refractivity contribution < 1.29 is 28.2 Å². The zero-order chi connectivity index (χ0) is 22.2. The van der Waals surface area contributed by atoms with Crippen LogP contribution in [-0.4, -0.2) is 20.7 Å². The molecule has 0 aliphatic rings. The van der Waals surface area contributed by atoms with Crippen LogP contribution in [0.5, 0.6) is 11.8 Å². The minimum atomic E-state index is -4.71. The topological polar surface area (TPSA) is 87.2 Å². The lowest BCUT2D eigenvalue weighted by atomic mass is 10.1. The van der Waals surface area contributed by atoms with Gasteiger partial charge in [-0.3, -0.25) is 4.79 Å². The number of aromatic hydroxyl groups is 2. The van der Waals surface area contributed by atoms with Crippen LogP contribution in [0.1, 0.15) is 15.9 Å². The predicted octanol–water partition coefficient (Wildman–Crippen LogP) is 5.98. The van der Waals surface area contributed by atoms with E-state index in [1.54, 1.807) is 42.5 Å². The molecule has 0 bridgehead atoms. The number of halogens is 3.